The SMILES string of the molecule is CCCNC(=O)CNC(=O)c1ccc(OCC)c(OC)c1. The minimum atomic E-state index is -0.331. The average molecular weight is 294 g/mol. The molecule has 0 spiro atoms. The minimum absolute atomic E-state index is 0.0473. The lowest BCUT2D eigenvalue weighted by Crippen LogP contribution is -2.37. The number of hydrogen-bond donors (Lipinski definition) is 2. The Labute approximate surface area is 124 Å². The van der Waals surface area contributed by atoms with Crippen molar-refractivity contribution in [3.8, 4) is 11.5 Å². The van der Waals surface area contributed by atoms with E-state index in [0.29, 0.717) is 30.2 Å². The smallest absolute Gasteiger partial charge is 0.251 e. The molecule has 0 radical (unpaired) electrons. The molecule has 1 aromatic carbocycles. The van der Waals surface area contributed by atoms with Gasteiger partial charge in [-0.3, -0.25) is 9.59 Å². The summed E-state index contributed by atoms with van der Waals surface area (Å²) >= 11 is 0. The van der Waals surface area contributed by atoms with Gasteiger partial charge in [0.25, 0.3) is 5.91 Å². The maximum atomic E-state index is 12.0. The molecule has 0 saturated heterocycles. The molecule has 0 aromatic heterocycles. The molecule has 6 heteroatoms. The fourth-order valence-corrected chi connectivity index (χ4v) is 1.67. The van der Waals surface area contributed by atoms with Crippen LogP contribution < -0.4 is 20.1 Å². The van der Waals surface area contributed by atoms with E-state index in [1.54, 1.807) is 18.2 Å². The molecule has 0 saturated carbocycles. The highest BCUT2D eigenvalue weighted by molar-refractivity contribution is 5.97. The lowest BCUT2D eigenvalue weighted by atomic mass is 10.2. The summed E-state index contributed by atoms with van der Waals surface area (Å²) in [4.78, 5) is 23.4. The average Bonchev–Trinajstić information content (AvgIpc) is 2.51. The summed E-state index contributed by atoms with van der Waals surface area (Å²) in [7, 11) is 1.51. The van der Waals surface area contributed by atoms with Gasteiger partial charge in [0.05, 0.1) is 20.3 Å². The number of ether oxygens (including phenoxy) is 2. The van der Waals surface area contributed by atoms with Gasteiger partial charge in [-0.1, -0.05) is 6.92 Å². The Morgan fingerprint density at radius 1 is 1.14 bits per heavy atom. The Bertz CT molecular complexity index is 489. The van der Waals surface area contributed by atoms with Crippen LogP contribution in [-0.4, -0.2) is 38.6 Å². The quantitative estimate of drug-likeness (QED) is 0.759. The van der Waals surface area contributed by atoms with E-state index < -0.39 is 0 Å². The normalized spacial score (nSPS) is 9.86. The molecular formula is C15H22N2O4. The van der Waals surface area contributed by atoms with E-state index in [1.165, 1.54) is 7.11 Å². The first kappa shape index (κ1) is 16.8. The van der Waals surface area contributed by atoms with Crippen molar-refractivity contribution < 1.29 is 19.1 Å². The number of nitrogens with one attached hydrogen (secondary N) is 2. The van der Waals surface area contributed by atoms with Gasteiger partial charge in [0.15, 0.2) is 11.5 Å². The number of carbonyl (C=O) groups excluding carboxylic acids is 2. The lowest BCUT2D eigenvalue weighted by molar-refractivity contribution is -0.120. The molecule has 0 unspecified atom stereocenters. The van der Waals surface area contributed by atoms with Crippen LogP contribution in [0.25, 0.3) is 0 Å². The Balaban J connectivity index is 2.63. The summed E-state index contributed by atoms with van der Waals surface area (Å²) < 4.78 is 10.6. The second kappa shape index (κ2) is 8.84. The number of carbonyl (C=O) groups is 2. The molecule has 2 amide bonds. The molecule has 1 aromatic rings. The molecular weight excluding hydrogens is 272 g/mol. The fourth-order valence-electron chi connectivity index (χ4n) is 1.67. The predicted octanol–water partition coefficient (Wildman–Crippen LogP) is 1.35. The van der Waals surface area contributed by atoms with Crippen LogP contribution in [0, 0.1) is 0 Å². The third-order valence-corrected chi connectivity index (χ3v) is 2.71. The monoisotopic (exact) mass is 294 g/mol. The van der Waals surface area contributed by atoms with Crippen LogP contribution in [0.4, 0.5) is 0 Å². The van der Waals surface area contributed by atoms with Crippen LogP contribution in [-0.2, 0) is 4.79 Å². The first-order valence-electron chi connectivity index (χ1n) is 6.98. The molecule has 0 bridgehead atoms. The van der Waals surface area contributed by atoms with Crippen LogP contribution in [0.5, 0.6) is 11.5 Å². The first-order valence-corrected chi connectivity index (χ1v) is 6.98. The van der Waals surface area contributed by atoms with Gasteiger partial charge in [-0.05, 0) is 31.5 Å². The highest BCUT2D eigenvalue weighted by Gasteiger charge is 2.11. The highest BCUT2D eigenvalue weighted by atomic mass is 16.5. The minimum Gasteiger partial charge on any atom is -0.493 e. The second-order valence-electron chi connectivity index (χ2n) is 4.33. The lowest BCUT2D eigenvalue weighted by Gasteiger charge is -2.11. The molecule has 21 heavy (non-hydrogen) atoms. The summed E-state index contributed by atoms with van der Waals surface area (Å²) in [6.07, 6.45) is 0.857. The largest absolute Gasteiger partial charge is 0.493 e. The van der Waals surface area contributed by atoms with E-state index in [4.69, 9.17) is 9.47 Å². The van der Waals surface area contributed by atoms with E-state index in [9.17, 15) is 9.59 Å². The maximum absolute atomic E-state index is 12.0. The Hall–Kier alpha value is -2.24. The number of amides is 2. The molecule has 0 aliphatic rings. The maximum Gasteiger partial charge on any atom is 0.251 e. The summed E-state index contributed by atoms with van der Waals surface area (Å²) in [5.74, 6) is 0.531. The highest BCUT2D eigenvalue weighted by Crippen LogP contribution is 2.27. The van der Waals surface area contributed by atoms with Crippen molar-refractivity contribution in [3.63, 3.8) is 0 Å². The van der Waals surface area contributed by atoms with Crippen LogP contribution >= 0.6 is 0 Å². The number of hydrogen-bond acceptors (Lipinski definition) is 4. The number of rotatable bonds is 8. The molecule has 0 fully saturated rings. The molecule has 0 aliphatic heterocycles. The van der Waals surface area contributed by atoms with Crippen molar-refractivity contribution in [2.24, 2.45) is 0 Å². The van der Waals surface area contributed by atoms with Crippen LogP contribution in [0.2, 0.25) is 0 Å². The number of benzene rings is 1. The zero-order chi connectivity index (χ0) is 15.7. The first-order chi connectivity index (χ1) is 10.1. The third kappa shape index (κ3) is 5.33. The molecule has 0 aliphatic carbocycles. The van der Waals surface area contributed by atoms with Crippen LogP contribution in [0.3, 0.4) is 0 Å². The summed E-state index contributed by atoms with van der Waals surface area (Å²) in [5, 5.41) is 5.25. The van der Waals surface area contributed by atoms with Gasteiger partial charge < -0.3 is 20.1 Å². The van der Waals surface area contributed by atoms with Gasteiger partial charge in [-0.2, -0.15) is 0 Å². The predicted molar refractivity (Wildman–Crippen MR) is 79.8 cm³/mol. The Kier molecular flexibility index (Phi) is 7.08. The number of methoxy groups -OCH3 is 1. The van der Waals surface area contributed by atoms with Gasteiger partial charge >= 0.3 is 0 Å². The zero-order valence-electron chi connectivity index (χ0n) is 12.7. The van der Waals surface area contributed by atoms with Gasteiger partial charge in [0.1, 0.15) is 0 Å². The van der Waals surface area contributed by atoms with E-state index in [-0.39, 0.29) is 18.4 Å². The summed E-state index contributed by atoms with van der Waals surface area (Å²) in [5.41, 5.74) is 0.415. The standard InChI is InChI=1S/C15H22N2O4/c1-4-8-16-14(18)10-17-15(19)11-6-7-12(21-5-2)13(9-11)20-3/h6-7,9H,4-5,8,10H2,1-3H3,(H,16,18)(H,17,19). The van der Waals surface area contributed by atoms with E-state index in [1.807, 2.05) is 13.8 Å². The fraction of sp³-hybridized carbons (Fsp3) is 0.467. The van der Waals surface area contributed by atoms with E-state index >= 15 is 0 Å². The second-order valence-corrected chi connectivity index (χ2v) is 4.33. The molecule has 1 rings (SSSR count). The molecule has 116 valence electrons. The summed E-state index contributed by atoms with van der Waals surface area (Å²) in [6.45, 7) is 4.90. The molecule has 0 atom stereocenters. The van der Waals surface area contributed by atoms with Gasteiger partial charge in [0, 0.05) is 12.1 Å². The summed E-state index contributed by atoms with van der Waals surface area (Å²) in [6, 6.07) is 4.89. The van der Waals surface area contributed by atoms with Crippen molar-refractivity contribution in [3.05, 3.63) is 23.8 Å². The molecule has 0 heterocycles. The third-order valence-electron chi connectivity index (χ3n) is 2.71. The van der Waals surface area contributed by atoms with Crippen molar-refractivity contribution in [2.75, 3.05) is 26.8 Å². The van der Waals surface area contributed by atoms with Crippen LogP contribution in [0.15, 0.2) is 18.2 Å². The van der Waals surface area contributed by atoms with E-state index in [2.05, 4.69) is 10.6 Å². The van der Waals surface area contributed by atoms with Gasteiger partial charge in [-0.15, -0.1) is 0 Å². The topological polar surface area (TPSA) is 76.7 Å². The van der Waals surface area contributed by atoms with Gasteiger partial charge in [0.2, 0.25) is 5.91 Å². The Morgan fingerprint density at radius 2 is 1.90 bits per heavy atom. The van der Waals surface area contributed by atoms with Crippen molar-refractivity contribution in [1.29, 1.82) is 0 Å². The van der Waals surface area contributed by atoms with Crippen molar-refractivity contribution in [2.45, 2.75) is 20.3 Å². The zero-order valence-corrected chi connectivity index (χ0v) is 12.7. The molecule has 6 nitrogen and oxygen atoms in total. The van der Waals surface area contributed by atoms with Crippen molar-refractivity contribution in [1.82, 2.24) is 10.6 Å². The van der Waals surface area contributed by atoms with Gasteiger partial charge in [-0.25, -0.2) is 0 Å². The Morgan fingerprint density at radius 3 is 2.52 bits per heavy atom. The van der Waals surface area contributed by atoms with Crippen molar-refractivity contribution >= 4 is 11.8 Å². The molecule has 2 N–H and O–H groups in total. The van der Waals surface area contributed by atoms with E-state index in [0.717, 1.165) is 6.42 Å². The van der Waals surface area contributed by atoms with Crippen LogP contribution in [0.1, 0.15) is 30.6 Å².